The first-order chi connectivity index (χ1) is 17.3. The molecule has 0 unspecified atom stereocenters. The SMILES string of the molecule is CC(C)(O)c1nnc(-c2cnc(Nc3ccc4c(n3)CNC4=O)cc2N[C@H](CF)c2ccccc2)o1. The number of aromatic nitrogens is 4. The Morgan fingerprint density at radius 1 is 1.14 bits per heavy atom. The summed E-state index contributed by atoms with van der Waals surface area (Å²) in [6, 6.07) is 13.6. The Kier molecular flexibility index (Phi) is 6.06. The lowest BCUT2D eigenvalue weighted by atomic mass is 10.1. The molecule has 184 valence electrons. The Bertz CT molecular complexity index is 1400. The molecule has 4 heterocycles. The Balaban J connectivity index is 1.50. The number of hydrogen-bond donors (Lipinski definition) is 4. The smallest absolute Gasteiger partial charge is 0.253 e. The van der Waals surface area contributed by atoms with Gasteiger partial charge in [-0.3, -0.25) is 4.79 Å². The van der Waals surface area contributed by atoms with Crippen molar-refractivity contribution >= 4 is 23.2 Å². The topological polar surface area (TPSA) is 138 Å². The number of fused-ring (bicyclic) bond motifs is 1. The molecule has 3 aromatic heterocycles. The molecule has 1 aliphatic heterocycles. The maximum Gasteiger partial charge on any atom is 0.253 e. The summed E-state index contributed by atoms with van der Waals surface area (Å²) in [6.45, 7) is 2.77. The first-order valence-corrected chi connectivity index (χ1v) is 11.3. The predicted octanol–water partition coefficient (Wildman–Crippen LogP) is 3.86. The van der Waals surface area contributed by atoms with E-state index in [1.807, 2.05) is 30.3 Å². The number of aliphatic hydroxyl groups is 1. The number of benzene rings is 1. The molecule has 4 N–H and O–H groups in total. The second-order valence-electron chi connectivity index (χ2n) is 8.85. The summed E-state index contributed by atoms with van der Waals surface area (Å²) in [5.74, 6) is 0.949. The zero-order chi connectivity index (χ0) is 25.3. The van der Waals surface area contributed by atoms with Crippen molar-refractivity contribution in [1.29, 1.82) is 0 Å². The van der Waals surface area contributed by atoms with Crippen molar-refractivity contribution in [2.24, 2.45) is 0 Å². The van der Waals surface area contributed by atoms with Crippen LogP contribution in [0.5, 0.6) is 0 Å². The van der Waals surface area contributed by atoms with E-state index in [4.69, 9.17) is 4.42 Å². The average molecular weight is 490 g/mol. The first-order valence-electron chi connectivity index (χ1n) is 11.3. The van der Waals surface area contributed by atoms with Crippen LogP contribution in [0.2, 0.25) is 0 Å². The van der Waals surface area contributed by atoms with Gasteiger partial charge in [-0.05, 0) is 31.5 Å². The lowest BCUT2D eigenvalue weighted by Gasteiger charge is -2.19. The Labute approximate surface area is 206 Å². The van der Waals surface area contributed by atoms with Gasteiger partial charge in [0.25, 0.3) is 11.8 Å². The number of alkyl halides is 1. The standard InChI is InChI=1S/C25H24FN7O3/c1-25(2,35)24-33-32-23(36-24)16-12-27-21(31-20-9-8-15-19(30-20)13-28-22(15)34)10-17(16)29-18(11-26)14-6-4-3-5-7-14/h3-10,12,18,35H,11,13H2,1-2H3,(H,28,34)(H2,27,29,30,31)/t18-/m1/s1. The average Bonchev–Trinajstić information content (AvgIpc) is 3.51. The summed E-state index contributed by atoms with van der Waals surface area (Å²) in [5.41, 5.74) is 1.55. The minimum absolute atomic E-state index is 0.0428. The fourth-order valence-electron chi connectivity index (χ4n) is 3.78. The number of carbonyl (C=O) groups is 1. The van der Waals surface area contributed by atoms with E-state index in [0.717, 1.165) is 5.56 Å². The summed E-state index contributed by atoms with van der Waals surface area (Å²) in [5, 5.41) is 27.3. The van der Waals surface area contributed by atoms with E-state index >= 15 is 0 Å². The molecule has 1 amide bonds. The summed E-state index contributed by atoms with van der Waals surface area (Å²) < 4.78 is 19.8. The highest BCUT2D eigenvalue weighted by Crippen LogP contribution is 2.33. The van der Waals surface area contributed by atoms with Crippen molar-refractivity contribution in [3.8, 4) is 11.5 Å². The third-order valence-corrected chi connectivity index (χ3v) is 5.66. The highest BCUT2D eigenvalue weighted by molar-refractivity contribution is 5.98. The van der Waals surface area contributed by atoms with E-state index < -0.39 is 18.3 Å². The molecule has 1 aromatic carbocycles. The Hall–Kier alpha value is -4.38. The van der Waals surface area contributed by atoms with Crippen molar-refractivity contribution < 1.29 is 18.7 Å². The van der Waals surface area contributed by atoms with Gasteiger partial charge < -0.3 is 25.5 Å². The largest absolute Gasteiger partial charge is 0.417 e. The second kappa shape index (κ2) is 9.34. The number of carbonyl (C=O) groups excluding carboxylic acids is 1. The van der Waals surface area contributed by atoms with Gasteiger partial charge in [0.15, 0.2) is 0 Å². The van der Waals surface area contributed by atoms with E-state index in [9.17, 15) is 14.3 Å². The van der Waals surface area contributed by atoms with Crippen LogP contribution >= 0.6 is 0 Å². The summed E-state index contributed by atoms with van der Waals surface area (Å²) in [7, 11) is 0. The minimum atomic E-state index is -1.32. The Morgan fingerprint density at radius 3 is 2.67 bits per heavy atom. The summed E-state index contributed by atoms with van der Waals surface area (Å²) in [6.07, 6.45) is 1.52. The molecule has 0 saturated carbocycles. The molecular weight excluding hydrogens is 465 g/mol. The van der Waals surface area contributed by atoms with Gasteiger partial charge >= 0.3 is 0 Å². The summed E-state index contributed by atoms with van der Waals surface area (Å²) >= 11 is 0. The molecule has 4 aromatic rings. The summed E-state index contributed by atoms with van der Waals surface area (Å²) in [4.78, 5) is 20.7. The molecule has 0 saturated heterocycles. The molecule has 0 radical (unpaired) electrons. The van der Waals surface area contributed by atoms with Gasteiger partial charge in [-0.2, -0.15) is 0 Å². The van der Waals surface area contributed by atoms with Gasteiger partial charge in [-0.15, -0.1) is 10.2 Å². The molecule has 0 spiro atoms. The number of hydrogen-bond acceptors (Lipinski definition) is 9. The number of anilines is 3. The predicted molar refractivity (Wildman–Crippen MR) is 130 cm³/mol. The van der Waals surface area contributed by atoms with Crippen molar-refractivity contribution in [3.05, 3.63) is 77.4 Å². The molecule has 36 heavy (non-hydrogen) atoms. The number of halogens is 1. The van der Waals surface area contributed by atoms with Crippen LogP contribution in [0.4, 0.5) is 21.7 Å². The van der Waals surface area contributed by atoms with Crippen LogP contribution < -0.4 is 16.0 Å². The van der Waals surface area contributed by atoms with Gasteiger partial charge in [0, 0.05) is 12.3 Å². The zero-order valence-electron chi connectivity index (χ0n) is 19.6. The van der Waals surface area contributed by atoms with Crippen LogP contribution in [0.15, 0.2) is 59.1 Å². The Morgan fingerprint density at radius 2 is 1.94 bits per heavy atom. The molecule has 10 nitrogen and oxygen atoms in total. The zero-order valence-corrected chi connectivity index (χ0v) is 19.6. The molecule has 1 atom stereocenters. The van der Waals surface area contributed by atoms with Crippen molar-refractivity contribution in [2.45, 2.75) is 32.0 Å². The second-order valence-corrected chi connectivity index (χ2v) is 8.85. The number of amides is 1. The molecular formula is C25H24FN7O3. The van der Waals surface area contributed by atoms with Crippen LogP contribution in [0.25, 0.3) is 11.5 Å². The van der Waals surface area contributed by atoms with Crippen molar-refractivity contribution in [2.75, 3.05) is 17.3 Å². The number of nitrogens with one attached hydrogen (secondary N) is 3. The van der Waals surface area contributed by atoms with Gasteiger partial charge in [-0.1, -0.05) is 30.3 Å². The molecule has 0 fully saturated rings. The van der Waals surface area contributed by atoms with Crippen LogP contribution in [0, 0.1) is 0 Å². The van der Waals surface area contributed by atoms with Crippen LogP contribution in [0.3, 0.4) is 0 Å². The monoisotopic (exact) mass is 489 g/mol. The van der Waals surface area contributed by atoms with E-state index in [1.54, 1.807) is 18.2 Å². The lowest BCUT2D eigenvalue weighted by molar-refractivity contribution is 0.0488. The van der Waals surface area contributed by atoms with Crippen LogP contribution in [0.1, 0.15) is 47.4 Å². The molecule has 5 rings (SSSR count). The minimum Gasteiger partial charge on any atom is -0.417 e. The van der Waals surface area contributed by atoms with Gasteiger partial charge in [0.2, 0.25) is 5.89 Å². The number of pyridine rings is 2. The van der Waals surface area contributed by atoms with Crippen LogP contribution in [-0.2, 0) is 12.1 Å². The molecule has 11 heteroatoms. The third kappa shape index (κ3) is 4.73. The maximum absolute atomic E-state index is 14.1. The van der Waals surface area contributed by atoms with E-state index in [1.165, 1.54) is 20.0 Å². The van der Waals surface area contributed by atoms with E-state index in [0.29, 0.717) is 40.7 Å². The van der Waals surface area contributed by atoms with Crippen molar-refractivity contribution in [3.63, 3.8) is 0 Å². The fourth-order valence-corrected chi connectivity index (χ4v) is 3.78. The quantitative estimate of drug-likeness (QED) is 0.291. The molecule has 1 aliphatic rings. The fraction of sp³-hybridized carbons (Fsp3) is 0.240. The van der Waals surface area contributed by atoms with E-state index in [2.05, 4.69) is 36.1 Å². The molecule has 0 aliphatic carbocycles. The van der Waals surface area contributed by atoms with E-state index in [-0.39, 0.29) is 17.7 Å². The van der Waals surface area contributed by atoms with Gasteiger partial charge in [0.05, 0.1) is 35.1 Å². The van der Waals surface area contributed by atoms with Gasteiger partial charge in [0.1, 0.15) is 23.9 Å². The van der Waals surface area contributed by atoms with Crippen LogP contribution in [-0.4, -0.2) is 37.9 Å². The lowest BCUT2D eigenvalue weighted by Crippen LogP contribution is -2.15. The maximum atomic E-state index is 14.1. The van der Waals surface area contributed by atoms with Crippen molar-refractivity contribution in [1.82, 2.24) is 25.5 Å². The third-order valence-electron chi connectivity index (χ3n) is 5.66. The van der Waals surface area contributed by atoms with Gasteiger partial charge in [-0.25, -0.2) is 14.4 Å². The normalized spacial score (nSPS) is 13.7. The number of nitrogens with zero attached hydrogens (tertiary/aromatic N) is 4. The number of rotatable bonds is 8. The highest BCUT2D eigenvalue weighted by Gasteiger charge is 2.26. The highest BCUT2D eigenvalue weighted by atomic mass is 19.1. The first kappa shape index (κ1) is 23.4. The molecule has 0 bridgehead atoms.